The molecule has 3 aliphatic rings. The number of hydrogen-bond donors (Lipinski definition) is 6. The van der Waals surface area contributed by atoms with Crippen molar-refractivity contribution in [1.82, 2.24) is 4.90 Å². The molecular formula is C40H47N4O10P. The van der Waals surface area contributed by atoms with E-state index in [0.29, 0.717) is 28.1 Å². The van der Waals surface area contributed by atoms with E-state index in [4.69, 9.17) is 14.8 Å². The Morgan fingerprint density at radius 3 is 2.16 bits per heavy atom. The Kier molecular flexibility index (Phi) is 10.8. The largest absolute Gasteiger partial charge is 0.510 e. The summed E-state index contributed by atoms with van der Waals surface area (Å²) in [7, 11) is 3.00. The number of aromatic hydroxyl groups is 1. The van der Waals surface area contributed by atoms with Crippen molar-refractivity contribution in [2.45, 2.75) is 44.1 Å². The lowest BCUT2D eigenvalue weighted by Gasteiger charge is -2.50. The highest BCUT2D eigenvalue weighted by Gasteiger charge is 2.63. The summed E-state index contributed by atoms with van der Waals surface area (Å²) in [4.78, 5) is 44.0. The molecule has 15 heteroatoms. The van der Waals surface area contributed by atoms with Gasteiger partial charge in [-0.25, -0.2) is 0 Å². The van der Waals surface area contributed by atoms with Gasteiger partial charge in [0.15, 0.2) is 17.2 Å². The normalized spacial score (nSPS) is 22.9. The number of fused-ring (bicyclic) bond motifs is 3. The number of benzene rings is 3. The molecule has 0 bridgehead atoms. The van der Waals surface area contributed by atoms with Crippen LogP contribution in [0.25, 0.3) is 11.1 Å². The summed E-state index contributed by atoms with van der Waals surface area (Å²) in [6, 6.07) is 16.8. The zero-order valence-corrected chi connectivity index (χ0v) is 32.5. The molecule has 7 N–H and O–H groups in total. The molecule has 0 radical (unpaired) electrons. The van der Waals surface area contributed by atoms with Gasteiger partial charge in [0, 0.05) is 42.5 Å². The molecule has 292 valence electrons. The number of likely N-dealkylation sites (N-methyl/N-ethyl adjacent to an activating group) is 1. The summed E-state index contributed by atoms with van der Waals surface area (Å²) in [5.74, 6) is -8.05. The van der Waals surface area contributed by atoms with Crippen LogP contribution in [0.2, 0.25) is 0 Å². The van der Waals surface area contributed by atoms with Gasteiger partial charge >= 0.3 is 7.60 Å². The van der Waals surface area contributed by atoms with E-state index in [-0.39, 0.29) is 48.5 Å². The van der Waals surface area contributed by atoms with Crippen molar-refractivity contribution in [1.29, 1.82) is 0 Å². The van der Waals surface area contributed by atoms with Gasteiger partial charge in [-0.1, -0.05) is 42.5 Å². The van der Waals surface area contributed by atoms with Crippen LogP contribution < -0.4 is 16.0 Å². The predicted molar refractivity (Wildman–Crippen MR) is 207 cm³/mol. The number of aliphatic hydroxyl groups excluding tert-OH is 2. The average molecular weight is 775 g/mol. The summed E-state index contributed by atoms with van der Waals surface area (Å²) >= 11 is 0. The number of aliphatic hydroxyl groups is 3. The second-order valence-corrected chi connectivity index (χ2v) is 16.5. The number of hydrogen-bond acceptors (Lipinski definition) is 13. The molecule has 55 heavy (non-hydrogen) atoms. The van der Waals surface area contributed by atoms with Crippen LogP contribution in [-0.4, -0.2) is 95.8 Å². The van der Waals surface area contributed by atoms with E-state index in [9.17, 15) is 39.4 Å². The van der Waals surface area contributed by atoms with Crippen LogP contribution in [0, 0.1) is 11.8 Å². The number of phenols is 1. The first-order valence-electron chi connectivity index (χ1n) is 18.0. The molecule has 1 amide bonds. The molecular weight excluding hydrogens is 727 g/mol. The van der Waals surface area contributed by atoms with Crippen LogP contribution in [0.5, 0.6) is 5.75 Å². The number of amides is 1. The van der Waals surface area contributed by atoms with Crippen molar-refractivity contribution in [2.75, 3.05) is 51.6 Å². The van der Waals surface area contributed by atoms with E-state index in [0.717, 1.165) is 0 Å². The molecule has 2 unspecified atom stereocenters. The predicted octanol–water partition coefficient (Wildman–Crippen LogP) is 5.23. The van der Waals surface area contributed by atoms with E-state index in [1.165, 1.54) is 4.90 Å². The van der Waals surface area contributed by atoms with Crippen molar-refractivity contribution in [3.63, 3.8) is 0 Å². The Morgan fingerprint density at radius 1 is 1.00 bits per heavy atom. The van der Waals surface area contributed by atoms with Gasteiger partial charge in [-0.3, -0.25) is 23.8 Å². The number of carbonyl (C=O) groups is 3. The Balaban J connectivity index is 1.46. The number of rotatable bonds is 12. The zero-order chi connectivity index (χ0) is 40.1. The Bertz CT molecular complexity index is 2140. The summed E-state index contributed by atoms with van der Waals surface area (Å²) in [5, 5.41) is 50.0. The third-order valence-corrected chi connectivity index (χ3v) is 13.0. The van der Waals surface area contributed by atoms with Gasteiger partial charge in [0.25, 0.3) is 5.91 Å². The molecule has 0 saturated carbocycles. The maximum Gasteiger partial charge on any atom is 0.357 e. The number of phenolic OH excluding ortho intramolecular Hbond substituents is 1. The molecule has 3 aromatic carbocycles. The number of ketones is 2. The molecule has 0 saturated heterocycles. The first kappa shape index (κ1) is 39.7. The maximum absolute atomic E-state index is 14.6. The Labute approximate surface area is 319 Å². The van der Waals surface area contributed by atoms with Gasteiger partial charge < -0.3 is 45.4 Å². The fraction of sp³-hybridized carbons (Fsp3) is 0.375. The summed E-state index contributed by atoms with van der Waals surface area (Å²) in [6.45, 7) is 3.75. The van der Waals surface area contributed by atoms with Gasteiger partial charge in [0.2, 0.25) is 5.78 Å². The van der Waals surface area contributed by atoms with Gasteiger partial charge in [0.05, 0.1) is 24.8 Å². The van der Waals surface area contributed by atoms with Crippen molar-refractivity contribution >= 4 is 36.4 Å². The molecule has 3 aliphatic carbocycles. The van der Waals surface area contributed by atoms with E-state index in [1.54, 1.807) is 77.3 Å². The lowest BCUT2D eigenvalue weighted by molar-refractivity contribution is -0.148. The van der Waals surface area contributed by atoms with Crippen molar-refractivity contribution in [3.05, 3.63) is 100 Å². The maximum atomic E-state index is 14.6. The Morgan fingerprint density at radius 2 is 1.62 bits per heavy atom. The van der Waals surface area contributed by atoms with E-state index in [1.807, 2.05) is 30.3 Å². The number of para-hydroxylation sites is 1. The van der Waals surface area contributed by atoms with Crippen LogP contribution in [0.1, 0.15) is 47.5 Å². The average Bonchev–Trinajstić information content (AvgIpc) is 3.12. The van der Waals surface area contributed by atoms with Crippen LogP contribution in [0.3, 0.4) is 0 Å². The van der Waals surface area contributed by atoms with E-state index in [2.05, 4.69) is 5.32 Å². The molecule has 0 heterocycles. The highest BCUT2D eigenvalue weighted by atomic mass is 31.2. The summed E-state index contributed by atoms with van der Waals surface area (Å²) in [6.07, 6.45) is 0.125. The van der Waals surface area contributed by atoms with Gasteiger partial charge in [-0.2, -0.15) is 0 Å². The fourth-order valence-electron chi connectivity index (χ4n) is 8.35. The quantitative estimate of drug-likeness (QED) is 0.103. The summed E-state index contributed by atoms with van der Waals surface area (Å²) in [5.41, 5.74) is 4.68. The molecule has 0 fully saturated rings. The second-order valence-electron chi connectivity index (χ2n) is 14.4. The van der Waals surface area contributed by atoms with Crippen molar-refractivity contribution < 1.29 is 48.4 Å². The second kappa shape index (κ2) is 14.9. The van der Waals surface area contributed by atoms with Gasteiger partial charge in [0.1, 0.15) is 22.8 Å². The minimum Gasteiger partial charge on any atom is -0.510 e. The molecule has 14 nitrogen and oxygen atoms in total. The van der Waals surface area contributed by atoms with Crippen molar-refractivity contribution in [2.24, 2.45) is 17.6 Å². The number of primary amides is 1. The fourth-order valence-corrected chi connectivity index (χ4v) is 10.3. The zero-order valence-electron chi connectivity index (χ0n) is 31.6. The highest BCUT2D eigenvalue weighted by Crippen LogP contribution is 2.61. The molecule has 6 rings (SSSR count). The number of anilines is 2. The lowest BCUT2D eigenvalue weighted by Crippen LogP contribution is -2.63. The smallest absolute Gasteiger partial charge is 0.357 e. The van der Waals surface area contributed by atoms with Gasteiger partial charge in [-0.15, -0.1) is 0 Å². The highest BCUT2D eigenvalue weighted by molar-refractivity contribution is 7.54. The van der Waals surface area contributed by atoms with E-state index < -0.39 is 71.4 Å². The SMILES string of the molecule is CCOP(=O)(OCC)C(Nc1ccccc1)c1ccc(-c2cc(N(C)C)c3c(c2O)C(=O)C2=C(O)[C@]4(O)C(=O)C(C(N)=O)=C(O)C(N(C)C)[C@@H]4C[C@@H]2C3)cc1. The van der Waals surface area contributed by atoms with E-state index >= 15 is 0 Å². The lowest BCUT2D eigenvalue weighted by atomic mass is 9.58. The number of Topliss-reactive ketones (excluding diaryl/α,β-unsaturated/α-hetero) is 2. The minimum atomic E-state index is -3.75. The topological polar surface area (TPSA) is 212 Å². The molecule has 0 aliphatic heterocycles. The van der Waals surface area contributed by atoms with Crippen molar-refractivity contribution in [3.8, 4) is 16.9 Å². The van der Waals surface area contributed by atoms with Crippen LogP contribution in [0.15, 0.2) is 83.3 Å². The number of nitrogens with zero attached hydrogens (tertiary/aromatic N) is 2. The number of nitrogens with two attached hydrogens (primary N) is 1. The van der Waals surface area contributed by atoms with Crippen LogP contribution >= 0.6 is 7.60 Å². The van der Waals surface area contributed by atoms with Gasteiger partial charge in [-0.05, 0) is 81.6 Å². The van der Waals surface area contributed by atoms with Crippen LogP contribution in [-0.2, 0) is 29.6 Å². The third kappa shape index (κ3) is 6.51. The molecule has 0 aromatic heterocycles. The summed E-state index contributed by atoms with van der Waals surface area (Å²) < 4.78 is 25.6. The minimum absolute atomic E-state index is 0.0197. The third-order valence-electron chi connectivity index (χ3n) is 10.7. The molecule has 5 atom stereocenters. The first-order valence-corrected chi connectivity index (χ1v) is 19.6. The number of carbonyl (C=O) groups excluding carboxylic acids is 3. The number of allylic oxidation sites excluding steroid dienone is 1. The monoisotopic (exact) mass is 774 g/mol. The number of nitrogens with one attached hydrogen (secondary N) is 1. The Hall–Kier alpha value is -4.98. The molecule has 0 spiro atoms. The first-order chi connectivity index (χ1) is 26.0. The van der Waals surface area contributed by atoms with Crippen LogP contribution in [0.4, 0.5) is 11.4 Å². The standard InChI is InChI=1S/C40H47N4O10P/c1-7-53-55(52,54-8-2)39(42-24-12-10-9-11-13-24)22-16-14-21(15-17-22)25-20-28(43(3)4)26-18-23-19-27-32(44(5)6)35(47)31(38(41)50)37(49)40(27,51)36(48)29(23)34(46)30(26)33(25)45/h9-17,20,23,27,32,39,42,45,47-48,51H,7-8,18-19H2,1-6H3,(H2,41,50)/t23-,27-,32?,39?,40-/m0/s1. The molecule has 3 aromatic rings.